The SMILES string of the molecule is COCCCCCCCCCOc1ccc(NC(=O)c2cnc3c(c(C)cn3C)c2Cl)cc1. The lowest BCUT2D eigenvalue weighted by molar-refractivity contribution is 0.102. The number of rotatable bonds is 13. The number of amides is 1. The molecule has 1 aromatic carbocycles. The smallest absolute Gasteiger partial charge is 0.258 e. The van der Waals surface area contributed by atoms with E-state index >= 15 is 0 Å². The molecule has 3 aromatic rings. The topological polar surface area (TPSA) is 65.4 Å². The number of anilines is 1. The largest absolute Gasteiger partial charge is 0.494 e. The Morgan fingerprint density at radius 2 is 1.67 bits per heavy atom. The van der Waals surface area contributed by atoms with E-state index in [2.05, 4.69) is 10.3 Å². The zero-order valence-corrected chi connectivity index (χ0v) is 20.6. The average Bonchev–Trinajstić information content (AvgIpc) is 3.10. The van der Waals surface area contributed by atoms with Crippen molar-refractivity contribution >= 4 is 34.2 Å². The van der Waals surface area contributed by atoms with E-state index in [0.717, 1.165) is 41.8 Å². The van der Waals surface area contributed by atoms with Gasteiger partial charge in [-0.25, -0.2) is 4.98 Å². The third-order valence-electron chi connectivity index (χ3n) is 5.73. The number of nitrogens with one attached hydrogen (secondary N) is 1. The minimum atomic E-state index is -0.284. The summed E-state index contributed by atoms with van der Waals surface area (Å²) in [5.41, 5.74) is 2.79. The molecule has 1 N–H and O–H groups in total. The van der Waals surface area contributed by atoms with E-state index in [1.54, 1.807) is 7.11 Å². The fourth-order valence-electron chi connectivity index (χ4n) is 3.93. The van der Waals surface area contributed by atoms with Gasteiger partial charge in [0.25, 0.3) is 5.91 Å². The Hall–Kier alpha value is -2.57. The van der Waals surface area contributed by atoms with Gasteiger partial charge >= 0.3 is 0 Å². The van der Waals surface area contributed by atoms with Crippen molar-refractivity contribution in [3.05, 3.63) is 52.8 Å². The lowest BCUT2D eigenvalue weighted by atomic mass is 10.1. The fourth-order valence-corrected chi connectivity index (χ4v) is 4.29. The second kappa shape index (κ2) is 12.6. The van der Waals surface area contributed by atoms with Crippen LogP contribution >= 0.6 is 11.6 Å². The maximum atomic E-state index is 12.8. The van der Waals surface area contributed by atoms with Crippen LogP contribution in [0.4, 0.5) is 5.69 Å². The van der Waals surface area contributed by atoms with Gasteiger partial charge in [-0.1, -0.05) is 43.7 Å². The Kier molecular flexibility index (Phi) is 9.58. The Morgan fingerprint density at radius 1 is 1.03 bits per heavy atom. The van der Waals surface area contributed by atoms with Crippen LogP contribution < -0.4 is 10.1 Å². The van der Waals surface area contributed by atoms with Crippen LogP contribution in [0.5, 0.6) is 5.75 Å². The number of hydrogen-bond donors (Lipinski definition) is 1. The molecule has 0 spiro atoms. The van der Waals surface area contributed by atoms with Gasteiger partial charge in [0.1, 0.15) is 11.4 Å². The summed E-state index contributed by atoms with van der Waals surface area (Å²) in [5, 5.41) is 4.12. The van der Waals surface area contributed by atoms with Gasteiger partial charge in [0.2, 0.25) is 0 Å². The molecule has 0 saturated carbocycles. The molecule has 2 heterocycles. The van der Waals surface area contributed by atoms with E-state index in [4.69, 9.17) is 21.1 Å². The highest BCUT2D eigenvalue weighted by Gasteiger charge is 2.17. The second-order valence-corrected chi connectivity index (χ2v) is 8.78. The normalized spacial score (nSPS) is 11.2. The molecule has 0 saturated heterocycles. The lowest BCUT2D eigenvalue weighted by Gasteiger charge is -2.10. The third-order valence-corrected chi connectivity index (χ3v) is 6.12. The number of hydrogen-bond acceptors (Lipinski definition) is 4. The molecule has 33 heavy (non-hydrogen) atoms. The number of carbonyl (C=O) groups excluding carboxylic acids is 1. The zero-order valence-electron chi connectivity index (χ0n) is 19.8. The van der Waals surface area contributed by atoms with Crippen molar-refractivity contribution in [2.75, 3.05) is 25.6 Å². The van der Waals surface area contributed by atoms with Crippen LogP contribution in [-0.4, -0.2) is 35.8 Å². The van der Waals surface area contributed by atoms with Crippen LogP contribution in [0.25, 0.3) is 11.0 Å². The van der Waals surface area contributed by atoms with Gasteiger partial charge in [-0.3, -0.25) is 4.79 Å². The van der Waals surface area contributed by atoms with Crippen molar-refractivity contribution in [3.63, 3.8) is 0 Å². The molecule has 2 aromatic heterocycles. The Balaban J connectivity index is 1.42. The molecule has 0 aliphatic heterocycles. The summed E-state index contributed by atoms with van der Waals surface area (Å²) in [6, 6.07) is 7.41. The van der Waals surface area contributed by atoms with Gasteiger partial charge in [0, 0.05) is 44.2 Å². The molecular weight excluding hydrogens is 438 g/mol. The van der Waals surface area contributed by atoms with Gasteiger partial charge in [0.15, 0.2) is 0 Å². The van der Waals surface area contributed by atoms with E-state index in [1.165, 1.54) is 38.3 Å². The second-order valence-electron chi connectivity index (χ2n) is 8.40. The van der Waals surface area contributed by atoms with E-state index in [9.17, 15) is 4.79 Å². The number of benzene rings is 1. The summed E-state index contributed by atoms with van der Waals surface area (Å²) < 4.78 is 12.8. The Bertz CT molecular complexity index is 1050. The van der Waals surface area contributed by atoms with Crippen LogP contribution in [0.2, 0.25) is 5.02 Å². The number of nitrogens with zero attached hydrogens (tertiary/aromatic N) is 2. The first-order valence-electron chi connectivity index (χ1n) is 11.6. The highest BCUT2D eigenvalue weighted by atomic mass is 35.5. The van der Waals surface area contributed by atoms with Crippen molar-refractivity contribution in [1.29, 1.82) is 0 Å². The van der Waals surface area contributed by atoms with E-state index in [-0.39, 0.29) is 5.91 Å². The molecule has 178 valence electrons. The molecule has 0 atom stereocenters. The van der Waals surface area contributed by atoms with Crippen LogP contribution in [0.3, 0.4) is 0 Å². The standard InChI is InChI=1S/C26H34ClN3O3/c1-19-18-30(2)25-23(19)24(27)22(17-28-25)26(31)29-20-11-13-21(14-12-20)33-16-10-8-6-4-5-7-9-15-32-3/h11-14,17-18H,4-10,15-16H2,1-3H3,(H,29,31). The molecule has 0 bridgehead atoms. The minimum Gasteiger partial charge on any atom is -0.494 e. The zero-order chi connectivity index (χ0) is 23.6. The first-order valence-corrected chi connectivity index (χ1v) is 12.0. The summed E-state index contributed by atoms with van der Waals surface area (Å²) >= 11 is 6.54. The van der Waals surface area contributed by atoms with Crippen molar-refractivity contribution in [1.82, 2.24) is 9.55 Å². The van der Waals surface area contributed by atoms with Crippen molar-refractivity contribution in [3.8, 4) is 5.75 Å². The maximum Gasteiger partial charge on any atom is 0.258 e. The Labute approximate surface area is 201 Å². The summed E-state index contributed by atoms with van der Waals surface area (Å²) in [7, 11) is 3.66. The number of methoxy groups -OCH3 is 1. The van der Waals surface area contributed by atoms with Crippen LogP contribution in [-0.2, 0) is 11.8 Å². The summed E-state index contributed by atoms with van der Waals surface area (Å²) in [4.78, 5) is 17.2. The molecule has 3 rings (SSSR count). The fraction of sp³-hybridized carbons (Fsp3) is 0.462. The molecule has 0 unspecified atom stereocenters. The Morgan fingerprint density at radius 3 is 2.33 bits per heavy atom. The van der Waals surface area contributed by atoms with Gasteiger partial charge in [-0.05, 0) is 49.6 Å². The monoisotopic (exact) mass is 471 g/mol. The van der Waals surface area contributed by atoms with Crippen LogP contribution in [0, 0.1) is 6.92 Å². The van der Waals surface area contributed by atoms with Crippen molar-refractivity contribution < 1.29 is 14.3 Å². The highest BCUT2D eigenvalue weighted by Crippen LogP contribution is 2.30. The van der Waals surface area contributed by atoms with Crippen molar-refractivity contribution in [2.24, 2.45) is 7.05 Å². The average molecular weight is 472 g/mol. The molecule has 0 fully saturated rings. The summed E-state index contributed by atoms with van der Waals surface area (Å²) in [6.45, 7) is 3.53. The molecule has 1 amide bonds. The number of aromatic nitrogens is 2. The van der Waals surface area contributed by atoms with Gasteiger partial charge < -0.3 is 19.4 Å². The van der Waals surface area contributed by atoms with Gasteiger partial charge in [-0.15, -0.1) is 0 Å². The highest BCUT2D eigenvalue weighted by molar-refractivity contribution is 6.39. The number of pyridine rings is 1. The maximum absolute atomic E-state index is 12.8. The van der Waals surface area contributed by atoms with Crippen LogP contribution in [0.1, 0.15) is 60.9 Å². The molecule has 0 aliphatic rings. The first kappa shape index (κ1) is 25.1. The van der Waals surface area contributed by atoms with Crippen molar-refractivity contribution in [2.45, 2.75) is 51.9 Å². The minimum absolute atomic E-state index is 0.284. The predicted molar refractivity (Wildman–Crippen MR) is 135 cm³/mol. The quantitative estimate of drug-likeness (QED) is 0.287. The van der Waals surface area contributed by atoms with Gasteiger partial charge in [0.05, 0.1) is 17.2 Å². The third kappa shape index (κ3) is 6.95. The van der Waals surface area contributed by atoms with E-state index < -0.39 is 0 Å². The number of ether oxygens (including phenoxy) is 2. The summed E-state index contributed by atoms with van der Waals surface area (Å²) in [5.74, 6) is 0.516. The summed E-state index contributed by atoms with van der Waals surface area (Å²) in [6.07, 6.45) is 11.9. The molecule has 0 aliphatic carbocycles. The van der Waals surface area contributed by atoms with E-state index in [1.807, 2.05) is 49.0 Å². The molecule has 7 heteroatoms. The van der Waals surface area contributed by atoms with Crippen LogP contribution in [0.15, 0.2) is 36.7 Å². The molecule has 0 radical (unpaired) electrons. The number of aryl methyl sites for hydroxylation is 2. The van der Waals surface area contributed by atoms with Gasteiger partial charge in [-0.2, -0.15) is 0 Å². The number of halogens is 1. The number of carbonyl (C=O) groups is 1. The first-order chi connectivity index (χ1) is 16.0. The predicted octanol–water partition coefficient (Wildman–Crippen LogP) is 6.54. The molecule has 6 nitrogen and oxygen atoms in total. The lowest BCUT2D eigenvalue weighted by Crippen LogP contribution is -2.13. The molecular formula is C26H34ClN3O3. The number of fused-ring (bicyclic) bond motifs is 1. The van der Waals surface area contributed by atoms with E-state index in [0.29, 0.717) is 22.9 Å². The number of unbranched alkanes of at least 4 members (excludes halogenated alkanes) is 6.